The zero-order chi connectivity index (χ0) is 13.2. The van der Waals surface area contributed by atoms with Gasteiger partial charge in [0.25, 0.3) is 0 Å². The highest BCUT2D eigenvalue weighted by Crippen LogP contribution is 2.38. The highest BCUT2D eigenvalue weighted by molar-refractivity contribution is 7.15. The van der Waals surface area contributed by atoms with E-state index in [1.54, 1.807) is 18.4 Å². The van der Waals surface area contributed by atoms with E-state index in [2.05, 4.69) is 10.3 Å². The van der Waals surface area contributed by atoms with Gasteiger partial charge in [0.05, 0.1) is 17.7 Å². The predicted octanol–water partition coefficient (Wildman–Crippen LogP) is 3.72. The molecule has 1 aliphatic carbocycles. The fourth-order valence-corrected chi connectivity index (χ4v) is 3.16. The number of ether oxygens (including phenoxy) is 1. The number of rotatable bonds is 5. The molecule has 3 nitrogen and oxygen atoms in total. The molecule has 0 radical (unpaired) electrons. The minimum atomic E-state index is 0.676. The van der Waals surface area contributed by atoms with Gasteiger partial charge >= 0.3 is 0 Å². The van der Waals surface area contributed by atoms with Gasteiger partial charge in [-0.3, -0.25) is 0 Å². The first-order valence-electron chi connectivity index (χ1n) is 6.29. The van der Waals surface area contributed by atoms with Crippen LogP contribution >= 0.6 is 22.9 Å². The number of nitrogens with one attached hydrogen (secondary N) is 1. The van der Waals surface area contributed by atoms with Crippen molar-refractivity contribution in [3.63, 3.8) is 0 Å². The summed E-state index contributed by atoms with van der Waals surface area (Å²) in [4.78, 5) is 5.69. The number of halogens is 1. The summed E-state index contributed by atoms with van der Waals surface area (Å²) >= 11 is 7.92. The maximum atomic E-state index is 6.26. The van der Waals surface area contributed by atoms with Gasteiger partial charge in [0.15, 0.2) is 0 Å². The van der Waals surface area contributed by atoms with Crippen molar-refractivity contribution in [2.75, 3.05) is 7.11 Å². The average molecular weight is 295 g/mol. The standard InChI is InChI=1S/C14H15ClN2OS/c1-18-12-4-2-3-11(15)13(12)14-17-8-10(19-14)7-16-9-5-6-9/h2-4,8-9,16H,5-7H2,1H3. The summed E-state index contributed by atoms with van der Waals surface area (Å²) in [6, 6.07) is 6.36. The fourth-order valence-electron chi connectivity index (χ4n) is 1.92. The van der Waals surface area contributed by atoms with Crippen LogP contribution < -0.4 is 10.1 Å². The molecule has 0 bridgehead atoms. The van der Waals surface area contributed by atoms with Crippen molar-refractivity contribution in [3.05, 3.63) is 34.3 Å². The lowest BCUT2D eigenvalue weighted by molar-refractivity contribution is 0.416. The van der Waals surface area contributed by atoms with E-state index in [0.717, 1.165) is 22.9 Å². The number of hydrogen-bond donors (Lipinski definition) is 1. The van der Waals surface area contributed by atoms with Crippen molar-refractivity contribution in [1.82, 2.24) is 10.3 Å². The number of methoxy groups -OCH3 is 1. The quantitative estimate of drug-likeness (QED) is 0.912. The number of benzene rings is 1. The molecule has 1 fully saturated rings. The zero-order valence-corrected chi connectivity index (χ0v) is 12.2. The monoisotopic (exact) mass is 294 g/mol. The third-order valence-corrected chi connectivity index (χ3v) is 4.43. The van der Waals surface area contributed by atoms with E-state index in [-0.39, 0.29) is 0 Å². The van der Waals surface area contributed by atoms with Gasteiger partial charge in [-0.15, -0.1) is 11.3 Å². The summed E-state index contributed by atoms with van der Waals surface area (Å²) in [5, 5.41) is 5.08. The molecule has 1 aromatic carbocycles. The van der Waals surface area contributed by atoms with Gasteiger partial charge < -0.3 is 10.1 Å². The highest BCUT2D eigenvalue weighted by atomic mass is 35.5. The Morgan fingerprint density at radius 3 is 3.05 bits per heavy atom. The van der Waals surface area contributed by atoms with Crippen molar-refractivity contribution in [1.29, 1.82) is 0 Å². The molecule has 0 spiro atoms. The Kier molecular flexibility index (Phi) is 3.73. The lowest BCUT2D eigenvalue weighted by Gasteiger charge is -2.07. The van der Waals surface area contributed by atoms with Gasteiger partial charge in [-0.25, -0.2) is 4.98 Å². The van der Waals surface area contributed by atoms with Gasteiger partial charge in [-0.1, -0.05) is 17.7 Å². The van der Waals surface area contributed by atoms with Crippen LogP contribution in [0.3, 0.4) is 0 Å². The first-order chi connectivity index (χ1) is 9.28. The van der Waals surface area contributed by atoms with Crippen LogP contribution in [-0.4, -0.2) is 18.1 Å². The van der Waals surface area contributed by atoms with Gasteiger partial charge in [0.1, 0.15) is 10.8 Å². The van der Waals surface area contributed by atoms with E-state index in [1.807, 2.05) is 24.4 Å². The number of nitrogens with zero attached hydrogens (tertiary/aromatic N) is 1. The minimum Gasteiger partial charge on any atom is -0.496 e. The van der Waals surface area contributed by atoms with Gasteiger partial charge in [-0.2, -0.15) is 0 Å². The molecule has 0 aliphatic heterocycles. The van der Waals surface area contributed by atoms with E-state index >= 15 is 0 Å². The van der Waals surface area contributed by atoms with E-state index in [0.29, 0.717) is 11.1 Å². The summed E-state index contributed by atoms with van der Waals surface area (Å²) in [5.41, 5.74) is 0.884. The maximum absolute atomic E-state index is 6.26. The molecular formula is C14H15ClN2OS. The summed E-state index contributed by atoms with van der Waals surface area (Å²) in [6.45, 7) is 0.884. The summed E-state index contributed by atoms with van der Waals surface area (Å²) in [6.07, 6.45) is 4.51. The average Bonchev–Trinajstić information content (AvgIpc) is 3.14. The summed E-state index contributed by atoms with van der Waals surface area (Å²) < 4.78 is 5.36. The first kappa shape index (κ1) is 12.9. The van der Waals surface area contributed by atoms with E-state index in [9.17, 15) is 0 Å². The second-order valence-electron chi connectivity index (χ2n) is 4.60. The zero-order valence-electron chi connectivity index (χ0n) is 10.6. The molecule has 0 atom stereocenters. The van der Waals surface area contributed by atoms with E-state index in [1.165, 1.54) is 17.7 Å². The molecule has 1 saturated carbocycles. The smallest absolute Gasteiger partial charge is 0.130 e. The van der Waals surface area contributed by atoms with Crippen LogP contribution in [-0.2, 0) is 6.54 Å². The Balaban J connectivity index is 1.84. The molecule has 2 aromatic rings. The Labute approximate surface area is 121 Å². The molecule has 1 aliphatic rings. The number of aromatic nitrogens is 1. The molecular weight excluding hydrogens is 280 g/mol. The molecule has 1 heterocycles. The van der Waals surface area contributed by atoms with Crippen LogP contribution in [0.25, 0.3) is 10.6 Å². The van der Waals surface area contributed by atoms with Crippen molar-refractivity contribution in [2.45, 2.75) is 25.4 Å². The van der Waals surface area contributed by atoms with E-state index in [4.69, 9.17) is 16.3 Å². The molecule has 1 aromatic heterocycles. The molecule has 0 amide bonds. The van der Waals surface area contributed by atoms with Gasteiger partial charge in [0, 0.05) is 23.7 Å². The van der Waals surface area contributed by atoms with Crippen LogP contribution in [0.15, 0.2) is 24.4 Å². The largest absolute Gasteiger partial charge is 0.496 e. The molecule has 100 valence electrons. The third-order valence-electron chi connectivity index (χ3n) is 3.11. The Bertz CT molecular complexity index is 581. The first-order valence-corrected chi connectivity index (χ1v) is 7.48. The lowest BCUT2D eigenvalue weighted by atomic mass is 10.2. The Morgan fingerprint density at radius 1 is 1.47 bits per heavy atom. The van der Waals surface area contributed by atoms with Gasteiger partial charge in [-0.05, 0) is 25.0 Å². The molecule has 0 saturated heterocycles. The second-order valence-corrected chi connectivity index (χ2v) is 6.13. The SMILES string of the molecule is COc1cccc(Cl)c1-c1ncc(CNC2CC2)s1. The molecule has 1 N–H and O–H groups in total. The predicted molar refractivity (Wildman–Crippen MR) is 79.0 cm³/mol. The lowest BCUT2D eigenvalue weighted by Crippen LogP contribution is -2.14. The molecule has 0 unspecified atom stereocenters. The minimum absolute atomic E-state index is 0.676. The van der Waals surface area contributed by atoms with Crippen molar-refractivity contribution in [3.8, 4) is 16.3 Å². The fraction of sp³-hybridized carbons (Fsp3) is 0.357. The van der Waals surface area contributed by atoms with Crippen LogP contribution in [0, 0.1) is 0 Å². The van der Waals surface area contributed by atoms with Crippen molar-refractivity contribution < 1.29 is 4.74 Å². The molecule has 5 heteroatoms. The van der Waals surface area contributed by atoms with Crippen LogP contribution in [0.4, 0.5) is 0 Å². The number of hydrogen-bond acceptors (Lipinski definition) is 4. The summed E-state index contributed by atoms with van der Waals surface area (Å²) in [5.74, 6) is 0.767. The highest BCUT2D eigenvalue weighted by Gasteiger charge is 2.21. The van der Waals surface area contributed by atoms with Crippen LogP contribution in [0.1, 0.15) is 17.7 Å². The topological polar surface area (TPSA) is 34.1 Å². The normalized spacial score (nSPS) is 14.6. The molecule has 3 rings (SSSR count). The van der Waals surface area contributed by atoms with Crippen LogP contribution in [0.2, 0.25) is 5.02 Å². The van der Waals surface area contributed by atoms with Gasteiger partial charge in [0.2, 0.25) is 0 Å². The van der Waals surface area contributed by atoms with Crippen molar-refractivity contribution >= 4 is 22.9 Å². The Morgan fingerprint density at radius 2 is 2.32 bits per heavy atom. The third kappa shape index (κ3) is 2.91. The number of thiazole rings is 1. The summed E-state index contributed by atoms with van der Waals surface area (Å²) in [7, 11) is 1.65. The maximum Gasteiger partial charge on any atom is 0.130 e. The van der Waals surface area contributed by atoms with Crippen molar-refractivity contribution in [2.24, 2.45) is 0 Å². The molecule has 19 heavy (non-hydrogen) atoms. The van der Waals surface area contributed by atoms with Crippen LogP contribution in [0.5, 0.6) is 5.75 Å². The van der Waals surface area contributed by atoms with E-state index < -0.39 is 0 Å². The second kappa shape index (κ2) is 5.49. The Hall–Kier alpha value is -1.10.